The Morgan fingerprint density at radius 3 is 2.43 bits per heavy atom. The van der Waals surface area contributed by atoms with E-state index < -0.39 is 6.16 Å². The van der Waals surface area contributed by atoms with Crippen molar-refractivity contribution in [3.8, 4) is 0 Å². The third-order valence-electron chi connectivity index (χ3n) is 4.13. The molecular weight excluding hydrogens is 288 g/mol. The standard InChI is InChI=1S/C20H24O3/c1-2-16-10-6-7-13-18(16)19(17-11-4-3-5-12-17)14-8-9-15-23-20(21)22/h3-7,10-13,19H,2,8-9,14-15H2,1H3,(H,21,22). The zero-order chi connectivity index (χ0) is 16.5. The van der Waals surface area contributed by atoms with Crippen LogP contribution in [0.25, 0.3) is 0 Å². The minimum absolute atomic E-state index is 0.270. The van der Waals surface area contributed by atoms with Gasteiger partial charge in [0.25, 0.3) is 0 Å². The van der Waals surface area contributed by atoms with Crippen LogP contribution < -0.4 is 0 Å². The van der Waals surface area contributed by atoms with Gasteiger partial charge in [-0.1, -0.05) is 61.5 Å². The van der Waals surface area contributed by atoms with Crippen LogP contribution >= 0.6 is 0 Å². The maximum absolute atomic E-state index is 10.4. The summed E-state index contributed by atoms with van der Waals surface area (Å²) >= 11 is 0. The Hall–Kier alpha value is -2.29. The fourth-order valence-electron chi connectivity index (χ4n) is 2.99. The van der Waals surface area contributed by atoms with Crippen molar-refractivity contribution in [3.63, 3.8) is 0 Å². The highest BCUT2D eigenvalue weighted by Crippen LogP contribution is 2.32. The molecule has 0 saturated heterocycles. The molecule has 0 saturated carbocycles. The van der Waals surface area contributed by atoms with Crippen LogP contribution in [0.5, 0.6) is 0 Å². The lowest BCUT2D eigenvalue weighted by Gasteiger charge is -2.21. The largest absolute Gasteiger partial charge is 0.505 e. The first kappa shape index (κ1) is 17.1. The summed E-state index contributed by atoms with van der Waals surface area (Å²) in [4.78, 5) is 10.4. The number of unbranched alkanes of at least 4 members (excludes halogenated alkanes) is 1. The zero-order valence-electron chi connectivity index (χ0n) is 13.6. The summed E-state index contributed by atoms with van der Waals surface area (Å²) < 4.78 is 4.60. The molecule has 0 spiro atoms. The minimum Gasteiger partial charge on any atom is -0.450 e. The Kier molecular flexibility index (Phi) is 6.67. The molecule has 0 radical (unpaired) electrons. The summed E-state index contributed by atoms with van der Waals surface area (Å²) in [5, 5.41) is 8.52. The van der Waals surface area contributed by atoms with Crippen LogP contribution in [0.3, 0.4) is 0 Å². The molecular formula is C20H24O3. The first-order chi connectivity index (χ1) is 11.2. The highest BCUT2D eigenvalue weighted by atomic mass is 16.7. The van der Waals surface area contributed by atoms with Crippen molar-refractivity contribution in [2.24, 2.45) is 0 Å². The van der Waals surface area contributed by atoms with Crippen LogP contribution in [-0.4, -0.2) is 17.9 Å². The monoisotopic (exact) mass is 312 g/mol. The van der Waals surface area contributed by atoms with E-state index >= 15 is 0 Å². The number of carboxylic acid groups (broad SMARTS) is 1. The summed E-state index contributed by atoms with van der Waals surface area (Å²) in [6.07, 6.45) is 2.50. The molecule has 1 N–H and O–H groups in total. The van der Waals surface area contributed by atoms with Gasteiger partial charge in [-0.2, -0.15) is 0 Å². The van der Waals surface area contributed by atoms with E-state index in [2.05, 4.69) is 60.2 Å². The highest BCUT2D eigenvalue weighted by molar-refractivity contribution is 5.56. The van der Waals surface area contributed by atoms with E-state index in [0.29, 0.717) is 5.92 Å². The molecule has 1 unspecified atom stereocenters. The Balaban J connectivity index is 2.11. The maximum atomic E-state index is 10.4. The van der Waals surface area contributed by atoms with E-state index in [1.54, 1.807) is 0 Å². The van der Waals surface area contributed by atoms with Crippen molar-refractivity contribution in [2.45, 2.75) is 38.5 Å². The van der Waals surface area contributed by atoms with Crippen LogP contribution in [0.1, 0.15) is 48.8 Å². The second kappa shape index (κ2) is 8.99. The zero-order valence-corrected chi connectivity index (χ0v) is 13.6. The molecule has 2 rings (SSSR count). The molecule has 0 amide bonds. The molecule has 0 fully saturated rings. The van der Waals surface area contributed by atoms with Gasteiger partial charge >= 0.3 is 6.16 Å². The van der Waals surface area contributed by atoms with Gasteiger partial charge in [0.15, 0.2) is 0 Å². The number of carbonyl (C=O) groups is 1. The van der Waals surface area contributed by atoms with Gasteiger partial charge < -0.3 is 9.84 Å². The molecule has 0 aliphatic rings. The van der Waals surface area contributed by atoms with Crippen LogP contribution in [0.4, 0.5) is 4.79 Å². The molecule has 122 valence electrons. The molecule has 3 nitrogen and oxygen atoms in total. The van der Waals surface area contributed by atoms with Gasteiger partial charge in [0, 0.05) is 5.92 Å². The number of benzene rings is 2. The quantitative estimate of drug-likeness (QED) is 0.535. The number of hydrogen-bond donors (Lipinski definition) is 1. The predicted molar refractivity (Wildman–Crippen MR) is 91.9 cm³/mol. The third kappa shape index (κ3) is 5.13. The van der Waals surface area contributed by atoms with Gasteiger partial charge in [-0.3, -0.25) is 0 Å². The van der Waals surface area contributed by atoms with E-state index in [0.717, 1.165) is 25.7 Å². The second-order valence-corrected chi connectivity index (χ2v) is 5.63. The molecule has 3 heteroatoms. The Morgan fingerprint density at radius 1 is 1.04 bits per heavy atom. The fourth-order valence-corrected chi connectivity index (χ4v) is 2.99. The molecule has 2 aromatic rings. The lowest BCUT2D eigenvalue weighted by molar-refractivity contribution is 0.0899. The summed E-state index contributed by atoms with van der Waals surface area (Å²) in [6, 6.07) is 19.1. The normalized spacial score (nSPS) is 11.9. The lowest BCUT2D eigenvalue weighted by Crippen LogP contribution is -2.06. The van der Waals surface area contributed by atoms with E-state index in [1.807, 2.05) is 6.07 Å². The van der Waals surface area contributed by atoms with E-state index in [1.165, 1.54) is 16.7 Å². The molecule has 23 heavy (non-hydrogen) atoms. The minimum atomic E-state index is -1.19. The number of aryl methyl sites for hydroxylation is 1. The van der Waals surface area contributed by atoms with Crippen molar-refractivity contribution >= 4 is 6.16 Å². The third-order valence-corrected chi connectivity index (χ3v) is 4.13. The van der Waals surface area contributed by atoms with Crippen LogP contribution in [-0.2, 0) is 11.2 Å². The average molecular weight is 312 g/mol. The van der Waals surface area contributed by atoms with Crippen LogP contribution in [0.2, 0.25) is 0 Å². The predicted octanol–water partition coefficient (Wildman–Crippen LogP) is 5.25. The first-order valence-electron chi connectivity index (χ1n) is 8.20. The summed E-state index contributed by atoms with van der Waals surface area (Å²) in [7, 11) is 0. The SMILES string of the molecule is CCc1ccccc1C(CCCCOC(=O)O)c1ccccc1. The highest BCUT2D eigenvalue weighted by Gasteiger charge is 2.16. The smallest absolute Gasteiger partial charge is 0.450 e. The Bertz CT molecular complexity index is 607. The Labute approximate surface area is 137 Å². The lowest BCUT2D eigenvalue weighted by atomic mass is 9.84. The van der Waals surface area contributed by atoms with Gasteiger partial charge in [0.2, 0.25) is 0 Å². The molecule has 0 aliphatic heterocycles. The van der Waals surface area contributed by atoms with Gasteiger partial charge in [-0.05, 0) is 42.4 Å². The molecule has 0 aliphatic carbocycles. The van der Waals surface area contributed by atoms with Gasteiger partial charge in [-0.15, -0.1) is 0 Å². The van der Waals surface area contributed by atoms with Gasteiger partial charge in [-0.25, -0.2) is 4.79 Å². The second-order valence-electron chi connectivity index (χ2n) is 5.63. The summed E-state index contributed by atoms with van der Waals surface area (Å²) in [5.41, 5.74) is 4.07. The van der Waals surface area contributed by atoms with Crippen LogP contribution in [0.15, 0.2) is 54.6 Å². The maximum Gasteiger partial charge on any atom is 0.505 e. The van der Waals surface area contributed by atoms with Gasteiger partial charge in [0.05, 0.1) is 6.61 Å². The number of ether oxygens (including phenoxy) is 1. The summed E-state index contributed by atoms with van der Waals surface area (Å²) in [5.74, 6) is 0.345. The average Bonchev–Trinajstić information content (AvgIpc) is 2.58. The van der Waals surface area contributed by atoms with Crippen LogP contribution in [0, 0.1) is 0 Å². The van der Waals surface area contributed by atoms with E-state index in [-0.39, 0.29) is 6.61 Å². The fraction of sp³-hybridized carbons (Fsp3) is 0.350. The van der Waals surface area contributed by atoms with E-state index in [9.17, 15) is 4.79 Å². The van der Waals surface area contributed by atoms with E-state index in [4.69, 9.17) is 5.11 Å². The van der Waals surface area contributed by atoms with Gasteiger partial charge in [0.1, 0.15) is 0 Å². The molecule has 0 heterocycles. The molecule has 1 atom stereocenters. The Morgan fingerprint density at radius 2 is 1.74 bits per heavy atom. The van der Waals surface area contributed by atoms with Crippen molar-refractivity contribution < 1.29 is 14.6 Å². The summed E-state index contributed by atoms with van der Waals surface area (Å²) in [6.45, 7) is 2.45. The molecule has 0 aromatic heterocycles. The number of rotatable bonds is 8. The number of hydrogen-bond acceptors (Lipinski definition) is 2. The van der Waals surface area contributed by atoms with Crippen molar-refractivity contribution in [3.05, 3.63) is 71.3 Å². The topological polar surface area (TPSA) is 46.5 Å². The first-order valence-corrected chi connectivity index (χ1v) is 8.20. The molecule has 2 aromatic carbocycles. The van der Waals surface area contributed by atoms with Crippen molar-refractivity contribution in [1.29, 1.82) is 0 Å². The van der Waals surface area contributed by atoms with Crippen molar-refractivity contribution in [1.82, 2.24) is 0 Å². The molecule has 0 bridgehead atoms. The van der Waals surface area contributed by atoms with Crippen molar-refractivity contribution in [2.75, 3.05) is 6.61 Å².